The number of aromatic nitrogens is 2. The smallest absolute Gasteiger partial charge is 0.311 e. The summed E-state index contributed by atoms with van der Waals surface area (Å²) >= 11 is 0. The van der Waals surface area contributed by atoms with Crippen LogP contribution in [0.3, 0.4) is 0 Å². The maximum absolute atomic E-state index is 13.9. The fourth-order valence-electron chi connectivity index (χ4n) is 5.49. The zero-order valence-electron chi connectivity index (χ0n) is 40.4. The predicted octanol–water partition coefficient (Wildman–Crippen LogP) is 7.24. The van der Waals surface area contributed by atoms with Crippen molar-refractivity contribution in [3.05, 3.63) is 40.6 Å². The Hall–Kier alpha value is -4.66. The normalized spacial score (nSPS) is 21.0. The summed E-state index contributed by atoms with van der Waals surface area (Å²) < 4.78 is 74.7. The van der Waals surface area contributed by atoms with Gasteiger partial charge in [-0.15, -0.1) is 5.10 Å². The number of nitrogens with one attached hydrogen (secondary N) is 1. The fourth-order valence-corrected chi connectivity index (χ4v) is 5.49. The third-order valence-electron chi connectivity index (χ3n) is 9.06. The second-order valence-electron chi connectivity index (χ2n) is 18.1. The number of aryl methyl sites for hydroxylation is 1. The minimum atomic E-state index is -1.73. The Kier molecular flexibility index (Phi) is 13.8. The highest BCUT2D eigenvalue weighted by Gasteiger charge is 2.56. The fraction of sp³-hybridized carbons (Fsp3) is 0.682. The van der Waals surface area contributed by atoms with Crippen LogP contribution in [0.4, 0.5) is 0 Å². The molecule has 1 aliphatic heterocycles. The number of nitrogens with zero attached hydrogens (tertiary/aromatic N) is 1. The summed E-state index contributed by atoms with van der Waals surface area (Å²) in [6.07, 6.45) is -7.72. The van der Waals surface area contributed by atoms with Crippen molar-refractivity contribution in [2.75, 3.05) is 13.2 Å². The number of carboxylic acids is 1. The summed E-state index contributed by atoms with van der Waals surface area (Å²) in [5.74, 6) is -4.00. The Morgan fingerprint density at radius 1 is 0.831 bits per heavy atom. The number of carbonyl (C=O) groups excluding carboxylic acids is 4. The van der Waals surface area contributed by atoms with Gasteiger partial charge in [0.2, 0.25) is 18.3 Å². The largest absolute Gasteiger partial charge is 0.494 e. The third kappa shape index (κ3) is 13.7. The average Bonchev–Trinajstić information content (AvgIpc) is 3.62. The molecule has 3 rings (SSSR count). The van der Waals surface area contributed by atoms with E-state index < -0.39 is 110 Å². The van der Waals surface area contributed by atoms with Crippen molar-refractivity contribution in [2.24, 2.45) is 21.7 Å². The predicted molar refractivity (Wildman–Crippen MR) is 217 cm³/mol. The lowest BCUT2D eigenvalue weighted by Gasteiger charge is -2.45. The zero-order chi connectivity index (χ0) is 47.7. The highest BCUT2D eigenvalue weighted by Crippen LogP contribution is 2.37. The molecule has 2 N–H and O–H groups in total. The number of aliphatic carboxylic acids is 1. The van der Waals surface area contributed by atoms with Gasteiger partial charge in [0.1, 0.15) is 18.5 Å². The Bertz CT molecular complexity index is 1920. The Balaban J connectivity index is 2.24. The minimum absolute atomic E-state index is 0.00586. The molecule has 2 heterocycles. The van der Waals surface area contributed by atoms with Gasteiger partial charge < -0.3 is 38.3 Å². The van der Waals surface area contributed by atoms with Gasteiger partial charge in [0.25, 0.3) is 0 Å². The summed E-state index contributed by atoms with van der Waals surface area (Å²) in [7, 11) is 0. The monoisotopic (exact) mass is 834 g/mol. The van der Waals surface area contributed by atoms with Crippen LogP contribution in [-0.2, 0) is 54.1 Å². The van der Waals surface area contributed by atoms with Crippen molar-refractivity contribution in [3.8, 4) is 11.6 Å². The SMILES string of the molecule is [2H]CC(C)(C)C(=O)OC[C@H]1OC(Oc2n[nH]c(C(C)C)c2Cc2ccc(OCCCC(=O)O)cc2C)[C@H](OC(=O)C(C)(C)C[2H])[C@@H](OC(=O)C(C)(C)C[2H])[C@@H]1OC(=O)C(C)(C)C[2H]. The van der Waals surface area contributed by atoms with Gasteiger partial charge in [-0.3, -0.25) is 29.1 Å². The van der Waals surface area contributed by atoms with Crippen molar-refractivity contribution >= 4 is 29.8 Å². The van der Waals surface area contributed by atoms with Gasteiger partial charge in [-0.05, 0) is 126 Å². The first-order chi connectivity index (χ1) is 29.2. The zero-order valence-corrected chi connectivity index (χ0v) is 36.4. The van der Waals surface area contributed by atoms with E-state index in [0.717, 1.165) is 11.1 Å². The number of hydrogen-bond acceptors (Lipinski definition) is 13. The van der Waals surface area contributed by atoms with Crippen molar-refractivity contribution in [1.29, 1.82) is 0 Å². The van der Waals surface area contributed by atoms with Gasteiger partial charge in [-0.25, -0.2) is 0 Å². The summed E-state index contributed by atoms with van der Waals surface area (Å²) in [5, 5.41) is 16.5. The van der Waals surface area contributed by atoms with Crippen LogP contribution in [0.25, 0.3) is 0 Å². The molecule has 0 radical (unpaired) electrons. The molecule has 1 fully saturated rings. The molecule has 1 aromatic heterocycles. The van der Waals surface area contributed by atoms with E-state index in [4.69, 9.17) is 43.7 Å². The van der Waals surface area contributed by atoms with Crippen LogP contribution in [0.15, 0.2) is 18.2 Å². The van der Waals surface area contributed by atoms with Crippen molar-refractivity contribution in [2.45, 2.75) is 160 Å². The molecule has 5 atom stereocenters. The van der Waals surface area contributed by atoms with E-state index in [1.54, 1.807) is 6.07 Å². The molecule has 1 aromatic carbocycles. The van der Waals surface area contributed by atoms with E-state index in [1.165, 1.54) is 55.4 Å². The number of H-pyrrole nitrogens is 1. The highest BCUT2D eigenvalue weighted by atomic mass is 16.7. The van der Waals surface area contributed by atoms with Crippen LogP contribution in [0.1, 0.15) is 143 Å². The maximum Gasteiger partial charge on any atom is 0.311 e. The third-order valence-corrected chi connectivity index (χ3v) is 9.06. The molecule has 1 aliphatic rings. The molecule has 330 valence electrons. The van der Waals surface area contributed by atoms with Crippen LogP contribution in [-0.4, -0.2) is 89.1 Å². The number of hydrogen-bond donors (Lipinski definition) is 2. The minimum Gasteiger partial charge on any atom is -0.494 e. The van der Waals surface area contributed by atoms with E-state index in [1.807, 2.05) is 32.9 Å². The quantitative estimate of drug-likeness (QED) is 0.103. The second-order valence-corrected chi connectivity index (χ2v) is 18.1. The van der Waals surface area contributed by atoms with E-state index in [2.05, 4.69) is 10.2 Å². The number of rotatable bonds is 15. The Morgan fingerprint density at radius 3 is 1.90 bits per heavy atom. The summed E-state index contributed by atoms with van der Waals surface area (Å²) in [5.41, 5.74) is -2.52. The van der Waals surface area contributed by atoms with Crippen molar-refractivity contribution in [1.82, 2.24) is 10.2 Å². The maximum atomic E-state index is 13.9. The van der Waals surface area contributed by atoms with Gasteiger partial charge in [-0.2, -0.15) is 0 Å². The lowest BCUT2D eigenvalue weighted by atomic mass is 9.93. The van der Waals surface area contributed by atoms with Crippen LogP contribution >= 0.6 is 0 Å². The first-order valence-electron chi connectivity index (χ1n) is 22.4. The van der Waals surface area contributed by atoms with Gasteiger partial charge in [0.05, 0.1) is 28.3 Å². The topological polar surface area (TPSA) is 199 Å². The van der Waals surface area contributed by atoms with Gasteiger partial charge in [-0.1, -0.05) is 19.9 Å². The number of aromatic amines is 1. The van der Waals surface area contributed by atoms with Gasteiger partial charge in [0.15, 0.2) is 12.2 Å². The lowest BCUT2D eigenvalue weighted by Crippen LogP contribution is -2.65. The number of esters is 4. The lowest BCUT2D eigenvalue weighted by molar-refractivity contribution is -0.294. The van der Waals surface area contributed by atoms with E-state index in [-0.39, 0.29) is 38.1 Å². The Morgan fingerprint density at radius 2 is 1.37 bits per heavy atom. The molecule has 0 spiro atoms. The molecule has 0 aliphatic carbocycles. The summed E-state index contributed by atoms with van der Waals surface area (Å²) in [6.45, 7) is 15.7. The van der Waals surface area contributed by atoms with Crippen LogP contribution < -0.4 is 9.47 Å². The number of ether oxygens (including phenoxy) is 7. The number of carboxylic acid groups (broad SMARTS) is 1. The molecule has 0 bridgehead atoms. The van der Waals surface area contributed by atoms with Crippen LogP contribution in [0.5, 0.6) is 11.6 Å². The van der Waals surface area contributed by atoms with E-state index >= 15 is 0 Å². The molecule has 2 aromatic rings. The molecule has 1 unspecified atom stereocenters. The molecule has 15 nitrogen and oxygen atoms in total. The molecule has 0 amide bonds. The molecule has 1 saturated heterocycles. The summed E-state index contributed by atoms with van der Waals surface area (Å²) in [6, 6.07) is 5.45. The van der Waals surface area contributed by atoms with Crippen molar-refractivity contribution in [3.63, 3.8) is 0 Å². The van der Waals surface area contributed by atoms with Crippen molar-refractivity contribution < 1.29 is 67.7 Å². The number of carbonyl (C=O) groups is 5. The standard InChI is InChI=1S/C44H66N2O13/c1-24(2)31-28(22-26-18-19-27(21-25(26)3)53-20-16-17-30(47)48)35(46-45-31)59-36-34(58-40(52)44(13,14)15)33(57-39(51)43(10,11)12)32(56-38(50)42(7,8)9)29(55-36)23-54-37(49)41(4,5)6/h18-19,21,24,29,32-34,36H,16-17,20,22-23H2,1-15H3,(H,45,46)(H,47,48)/t29-,32-,33+,34-,36?/m1/s1/i4D,7D,10D,13D. The molecular formula is C44H66N2O13. The molecule has 15 heteroatoms. The first-order valence-corrected chi connectivity index (χ1v) is 19.6. The first kappa shape index (κ1) is 42.5. The molecule has 0 saturated carbocycles. The highest BCUT2D eigenvalue weighted by molar-refractivity contribution is 5.78. The molecular weight excluding hydrogens is 764 g/mol. The van der Waals surface area contributed by atoms with Gasteiger partial charge in [0, 0.05) is 29.6 Å². The van der Waals surface area contributed by atoms with Gasteiger partial charge >= 0.3 is 29.8 Å². The van der Waals surface area contributed by atoms with Crippen LogP contribution in [0, 0.1) is 28.6 Å². The number of benzene rings is 1. The van der Waals surface area contributed by atoms with Crippen LogP contribution in [0.2, 0.25) is 0 Å². The van der Waals surface area contributed by atoms with E-state index in [9.17, 15) is 24.0 Å². The summed E-state index contributed by atoms with van der Waals surface area (Å²) in [4.78, 5) is 65.8. The second kappa shape index (κ2) is 19.2. The molecule has 59 heavy (non-hydrogen) atoms. The average molecular weight is 835 g/mol. The van der Waals surface area contributed by atoms with E-state index in [0.29, 0.717) is 23.4 Å². The Labute approximate surface area is 354 Å².